The van der Waals surface area contributed by atoms with Crippen LogP contribution < -0.4 is 14.8 Å². The van der Waals surface area contributed by atoms with Crippen molar-refractivity contribution in [3.8, 4) is 5.75 Å². The standard InChI is InChI=1S/C20H22N4O3S/c1-14-6-4-5-7-16(14)13-21-19-10-11-20(23-22-19)24-28(25,26)18-9-8-17(27-3)12-15(18)2/h4-12H,13H2,1-3H3,(H,21,22)(H,23,24). The molecule has 0 aliphatic carbocycles. The number of aromatic nitrogens is 2. The van der Waals surface area contributed by atoms with Gasteiger partial charge >= 0.3 is 0 Å². The molecule has 0 spiro atoms. The van der Waals surface area contributed by atoms with Gasteiger partial charge in [-0.05, 0) is 60.9 Å². The van der Waals surface area contributed by atoms with E-state index in [4.69, 9.17) is 4.74 Å². The van der Waals surface area contributed by atoms with Crippen LogP contribution in [0.3, 0.4) is 0 Å². The average Bonchev–Trinajstić information content (AvgIpc) is 2.68. The highest BCUT2D eigenvalue weighted by Gasteiger charge is 2.18. The number of rotatable bonds is 7. The topological polar surface area (TPSA) is 93.2 Å². The number of anilines is 2. The van der Waals surface area contributed by atoms with Gasteiger partial charge in [-0.1, -0.05) is 24.3 Å². The van der Waals surface area contributed by atoms with E-state index < -0.39 is 10.0 Å². The second kappa shape index (κ2) is 8.26. The number of hydrogen-bond donors (Lipinski definition) is 2. The molecule has 0 bridgehead atoms. The third-order valence-corrected chi connectivity index (χ3v) is 5.81. The highest BCUT2D eigenvalue weighted by atomic mass is 32.2. The molecule has 0 saturated carbocycles. The van der Waals surface area contributed by atoms with Gasteiger partial charge < -0.3 is 10.1 Å². The Morgan fingerprint density at radius 1 is 0.929 bits per heavy atom. The van der Waals surface area contributed by atoms with Gasteiger partial charge in [0.05, 0.1) is 12.0 Å². The Hall–Kier alpha value is -3.13. The van der Waals surface area contributed by atoms with Crippen molar-refractivity contribution in [2.75, 3.05) is 17.1 Å². The number of ether oxygens (including phenoxy) is 1. The van der Waals surface area contributed by atoms with E-state index in [1.807, 2.05) is 31.2 Å². The fraction of sp³-hybridized carbons (Fsp3) is 0.200. The summed E-state index contributed by atoms with van der Waals surface area (Å²) >= 11 is 0. The van der Waals surface area contributed by atoms with Gasteiger partial charge in [-0.2, -0.15) is 0 Å². The summed E-state index contributed by atoms with van der Waals surface area (Å²) in [5.74, 6) is 1.31. The minimum Gasteiger partial charge on any atom is -0.497 e. The lowest BCUT2D eigenvalue weighted by atomic mass is 10.1. The zero-order valence-corrected chi connectivity index (χ0v) is 16.7. The summed E-state index contributed by atoms with van der Waals surface area (Å²) < 4.78 is 32.8. The van der Waals surface area contributed by atoms with Crippen molar-refractivity contribution in [3.63, 3.8) is 0 Å². The normalized spacial score (nSPS) is 11.1. The van der Waals surface area contributed by atoms with Crippen LogP contribution >= 0.6 is 0 Å². The summed E-state index contributed by atoms with van der Waals surface area (Å²) in [5.41, 5.74) is 2.92. The van der Waals surface area contributed by atoms with Crippen LogP contribution in [-0.2, 0) is 16.6 Å². The van der Waals surface area contributed by atoms with Crippen LogP contribution in [0.15, 0.2) is 59.5 Å². The highest BCUT2D eigenvalue weighted by molar-refractivity contribution is 7.92. The molecule has 2 N–H and O–H groups in total. The van der Waals surface area contributed by atoms with Gasteiger partial charge in [-0.15, -0.1) is 10.2 Å². The van der Waals surface area contributed by atoms with E-state index in [9.17, 15) is 8.42 Å². The van der Waals surface area contributed by atoms with Gasteiger partial charge in [0.2, 0.25) is 0 Å². The molecule has 0 atom stereocenters. The van der Waals surface area contributed by atoms with E-state index in [1.54, 1.807) is 31.2 Å². The summed E-state index contributed by atoms with van der Waals surface area (Å²) in [6.45, 7) is 4.36. The smallest absolute Gasteiger partial charge is 0.263 e. The molecule has 0 amide bonds. The van der Waals surface area contributed by atoms with E-state index in [-0.39, 0.29) is 10.7 Å². The number of aryl methyl sites for hydroxylation is 2. The lowest BCUT2D eigenvalue weighted by Gasteiger charge is -2.11. The van der Waals surface area contributed by atoms with Gasteiger partial charge in [0.25, 0.3) is 10.0 Å². The molecule has 0 saturated heterocycles. The molecule has 3 rings (SSSR count). The number of methoxy groups -OCH3 is 1. The zero-order chi connectivity index (χ0) is 20.1. The predicted molar refractivity (Wildman–Crippen MR) is 109 cm³/mol. The molecular weight excluding hydrogens is 376 g/mol. The minimum absolute atomic E-state index is 0.150. The molecule has 8 heteroatoms. The number of benzene rings is 2. The quantitative estimate of drug-likeness (QED) is 0.633. The molecule has 0 radical (unpaired) electrons. The van der Waals surface area contributed by atoms with Crippen LogP contribution in [0.4, 0.5) is 11.6 Å². The maximum atomic E-state index is 12.6. The van der Waals surface area contributed by atoms with E-state index in [0.29, 0.717) is 23.7 Å². The Morgan fingerprint density at radius 3 is 2.29 bits per heavy atom. The summed E-state index contributed by atoms with van der Waals surface area (Å²) in [6, 6.07) is 16.1. The molecule has 0 unspecified atom stereocenters. The van der Waals surface area contributed by atoms with Crippen LogP contribution in [0.1, 0.15) is 16.7 Å². The first-order valence-electron chi connectivity index (χ1n) is 8.68. The second-order valence-electron chi connectivity index (χ2n) is 6.32. The molecule has 7 nitrogen and oxygen atoms in total. The molecule has 1 aromatic heterocycles. The second-order valence-corrected chi connectivity index (χ2v) is 7.97. The van der Waals surface area contributed by atoms with Crippen LogP contribution in [0.2, 0.25) is 0 Å². The van der Waals surface area contributed by atoms with E-state index in [0.717, 1.165) is 5.56 Å². The van der Waals surface area contributed by atoms with Crippen molar-refractivity contribution < 1.29 is 13.2 Å². The van der Waals surface area contributed by atoms with Gasteiger partial charge in [-0.25, -0.2) is 8.42 Å². The van der Waals surface area contributed by atoms with Gasteiger partial charge in [0.15, 0.2) is 5.82 Å². The number of hydrogen-bond acceptors (Lipinski definition) is 6. The van der Waals surface area contributed by atoms with Crippen molar-refractivity contribution >= 4 is 21.7 Å². The number of nitrogens with one attached hydrogen (secondary N) is 2. The van der Waals surface area contributed by atoms with Crippen LogP contribution in [0.5, 0.6) is 5.75 Å². The molecule has 28 heavy (non-hydrogen) atoms. The van der Waals surface area contributed by atoms with Crippen molar-refractivity contribution in [1.82, 2.24) is 10.2 Å². The predicted octanol–water partition coefficient (Wildman–Crippen LogP) is 3.51. The maximum Gasteiger partial charge on any atom is 0.263 e. The Morgan fingerprint density at radius 2 is 1.64 bits per heavy atom. The molecule has 1 heterocycles. The van der Waals surface area contributed by atoms with Gasteiger partial charge in [0, 0.05) is 6.54 Å². The summed E-state index contributed by atoms with van der Waals surface area (Å²) in [7, 11) is -2.24. The largest absolute Gasteiger partial charge is 0.497 e. The summed E-state index contributed by atoms with van der Waals surface area (Å²) in [6.07, 6.45) is 0. The SMILES string of the molecule is COc1ccc(S(=O)(=O)Nc2ccc(NCc3ccccc3C)nn2)c(C)c1. The molecule has 2 aromatic carbocycles. The summed E-state index contributed by atoms with van der Waals surface area (Å²) in [5, 5.41) is 11.2. The van der Waals surface area contributed by atoms with Crippen molar-refractivity contribution in [3.05, 3.63) is 71.3 Å². The lowest BCUT2D eigenvalue weighted by molar-refractivity contribution is 0.414. The molecule has 146 valence electrons. The van der Waals surface area contributed by atoms with Crippen molar-refractivity contribution in [1.29, 1.82) is 0 Å². The Balaban J connectivity index is 1.69. The first-order chi connectivity index (χ1) is 13.4. The van der Waals surface area contributed by atoms with E-state index in [2.05, 4.69) is 20.2 Å². The first kappa shape index (κ1) is 19.6. The fourth-order valence-electron chi connectivity index (χ4n) is 2.72. The third-order valence-electron chi connectivity index (χ3n) is 4.30. The van der Waals surface area contributed by atoms with Crippen LogP contribution in [0, 0.1) is 13.8 Å². The van der Waals surface area contributed by atoms with E-state index in [1.165, 1.54) is 18.7 Å². The average molecular weight is 398 g/mol. The van der Waals surface area contributed by atoms with Crippen LogP contribution in [-0.4, -0.2) is 25.7 Å². The zero-order valence-electron chi connectivity index (χ0n) is 15.9. The van der Waals surface area contributed by atoms with Crippen molar-refractivity contribution in [2.24, 2.45) is 0 Å². The fourth-order valence-corrected chi connectivity index (χ4v) is 3.94. The van der Waals surface area contributed by atoms with Crippen molar-refractivity contribution in [2.45, 2.75) is 25.3 Å². The first-order valence-corrected chi connectivity index (χ1v) is 10.2. The third kappa shape index (κ3) is 4.58. The monoisotopic (exact) mass is 398 g/mol. The molecule has 0 aliphatic heterocycles. The van der Waals surface area contributed by atoms with Gasteiger partial charge in [-0.3, -0.25) is 4.72 Å². The van der Waals surface area contributed by atoms with Crippen LogP contribution in [0.25, 0.3) is 0 Å². The lowest BCUT2D eigenvalue weighted by Crippen LogP contribution is -2.15. The summed E-state index contributed by atoms with van der Waals surface area (Å²) in [4.78, 5) is 0.164. The number of nitrogens with zero attached hydrogens (tertiary/aromatic N) is 2. The minimum atomic E-state index is -3.77. The maximum absolute atomic E-state index is 12.6. The molecular formula is C20H22N4O3S. The molecule has 0 fully saturated rings. The Bertz CT molecular complexity index is 1070. The molecule has 0 aliphatic rings. The van der Waals surface area contributed by atoms with E-state index >= 15 is 0 Å². The number of sulfonamides is 1. The Labute approximate surface area is 164 Å². The molecule has 3 aromatic rings. The van der Waals surface area contributed by atoms with Gasteiger partial charge in [0.1, 0.15) is 11.6 Å². The highest BCUT2D eigenvalue weighted by Crippen LogP contribution is 2.23. The Kier molecular flexibility index (Phi) is 5.79.